The van der Waals surface area contributed by atoms with Gasteiger partial charge in [-0.3, -0.25) is 9.69 Å². The molecule has 0 spiro atoms. The molecule has 2 aromatic rings. The highest BCUT2D eigenvalue weighted by Crippen LogP contribution is 2.32. The van der Waals surface area contributed by atoms with Crippen LogP contribution in [0.25, 0.3) is 0 Å². The topological polar surface area (TPSA) is 58.6 Å². The van der Waals surface area contributed by atoms with Crippen molar-refractivity contribution in [3.8, 4) is 0 Å². The van der Waals surface area contributed by atoms with Crippen LogP contribution in [-0.4, -0.2) is 29.0 Å². The van der Waals surface area contributed by atoms with Crippen molar-refractivity contribution in [1.82, 2.24) is 4.90 Å². The fraction of sp³-hybridized carbons (Fsp3) is 0.333. The van der Waals surface area contributed by atoms with Crippen LogP contribution in [0, 0.1) is 6.92 Å². The van der Waals surface area contributed by atoms with Gasteiger partial charge in [0.05, 0.1) is 0 Å². The molecule has 5 nitrogen and oxygen atoms in total. The van der Waals surface area contributed by atoms with E-state index in [0.717, 1.165) is 17.5 Å². The molecule has 0 radical (unpaired) electrons. The Morgan fingerprint density at radius 1 is 1.22 bits per heavy atom. The quantitative estimate of drug-likeness (QED) is 0.822. The Morgan fingerprint density at radius 2 is 1.96 bits per heavy atom. The number of ether oxygens (including phenoxy) is 1. The van der Waals surface area contributed by atoms with Crippen molar-refractivity contribution >= 4 is 29.3 Å². The number of hydrogen-bond acceptors (Lipinski definition) is 3. The second-order valence-corrected chi connectivity index (χ2v) is 7.42. The van der Waals surface area contributed by atoms with E-state index in [4.69, 9.17) is 16.3 Å². The molecule has 3 rings (SSSR count). The van der Waals surface area contributed by atoms with Crippen LogP contribution < -0.4 is 5.32 Å². The number of carbonyl (C=O) groups is 2. The van der Waals surface area contributed by atoms with Gasteiger partial charge >= 0.3 is 6.09 Å². The zero-order valence-corrected chi connectivity index (χ0v) is 16.3. The summed E-state index contributed by atoms with van der Waals surface area (Å²) in [6.45, 7) is 4.34. The summed E-state index contributed by atoms with van der Waals surface area (Å²) in [6, 6.07) is 14.8. The third kappa shape index (κ3) is 4.25. The number of carbonyl (C=O) groups excluding carboxylic acids is 2. The monoisotopic (exact) mass is 386 g/mol. The molecular formula is C21H23ClN2O3. The molecule has 0 aliphatic carbocycles. The van der Waals surface area contributed by atoms with Crippen molar-refractivity contribution in [2.24, 2.45) is 0 Å². The molecule has 0 aromatic heterocycles. The van der Waals surface area contributed by atoms with Gasteiger partial charge in [0, 0.05) is 17.3 Å². The summed E-state index contributed by atoms with van der Waals surface area (Å²) in [5.74, 6) is -0.220. The first kappa shape index (κ1) is 19.2. The van der Waals surface area contributed by atoms with E-state index in [2.05, 4.69) is 5.32 Å². The molecule has 1 saturated heterocycles. The van der Waals surface area contributed by atoms with Gasteiger partial charge in [-0.2, -0.15) is 0 Å². The molecular weight excluding hydrogens is 364 g/mol. The van der Waals surface area contributed by atoms with Gasteiger partial charge in [0.25, 0.3) is 0 Å². The highest BCUT2D eigenvalue weighted by atomic mass is 35.5. The number of likely N-dealkylation sites (tertiary alicyclic amines) is 1. The average Bonchev–Trinajstić information content (AvgIpc) is 3.06. The minimum atomic E-state index is -0.945. The zero-order chi connectivity index (χ0) is 19.4. The lowest BCUT2D eigenvalue weighted by atomic mass is 9.97. The Hall–Kier alpha value is -2.53. The van der Waals surface area contributed by atoms with Crippen molar-refractivity contribution in [3.63, 3.8) is 0 Å². The first-order chi connectivity index (χ1) is 12.9. The fourth-order valence-corrected chi connectivity index (χ4v) is 3.54. The lowest BCUT2D eigenvalue weighted by Crippen LogP contribution is -2.53. The number of anilines is 1. The van der Waals surface area contributed by atoms with Crippen LogP contribution in [0.2, 0.25) is 5.02 Å². The number of benzene rings is 2. The second-order valence-electron chi connectivity index (χ2n) is 6.98. The van der Waals surface area contributed by atoms with Gasteiger partial charge in [0.15, 0.2) is 0 Å². The van der Waals surface area contributed by atoms with Crippen molar-refractivity contribution in [2.75, 3.05) is 11.9 Å². The van der Waals surface area contributed by atoms with Crippen LogP contribution in [0.4, 0.5) is 10.5 Å². The van der Waals surface area contributed by atoms with Crippen LogP contribution in [0.15, 0.2) is 48.5 Å². The van der Waals surface area contributed by atoms with E-state index in [1.165, 1.54) is 4.90 Å². The normalized spacial score (nSPS) is 19.0. The molecule has 0 bridgehead atoms. The smallest absolute Gasteiger partial charge is 0.410 e. The van der Waals surface area contributed by atoms with Crippen molar-refractivity contribution in [1.29, 1.82) is 0 Å². The molecule has 2 aromatic carbocycles. The van der Waals surface area contributed by atoms with E-state index in [1.54, 1.807) is 25.1 Å². The number of amides is 2. The average molecular weight is 387 g/mol. The minimum absolute atomic E-state index is 0.185. The lowest BCUT2D eigenvalue weighted by molar-refractivity contribution is -0.125. The maximum atomic E-state index is 13.0. The second kappa shape index (κ2) is 8.01. The summed E-state index contributed by atoms with van der Waals surface area (Å²) >= 11 is 5.98. The molecule has 1 atom stereocenters. The predicted molar refractivity (Wildman–Crippen MR) is 106 cm³/mol. The number of rotatable bonds is 4. The molecule has 2 amide bonds. The van der Waals surface area contributed by atoms with E-state index in [-0.39, 0.29) is 12.5 Å². The Morgan fingerprint density at radius 3 is 2.67 bits per heavy atom. The molecule has 1 fully saturated rings. The summed E-state index contributed by atoms with van der Waals surface area (Å²) in [6.07, 6.45) is 0.873. The van der Waals surface area contributed by atoms with Gasteiger partial charge in [-0.05, 0) is 56.0 Å². The SMILES string of the molecule is Cc1cc(Cl)ccc1NC(=O)C1(C)CCCN1C(=O)OCc1ccccc1. The van der Waals surface area contributed by atoms with Gasteiger partial charge in [-0.15, -0.1) is 0 Å². The molecule has 27 heavy (non-hydrogen) atoms. The van der Waals surface area contributed by atoms with E-state index in [9.17, 15) is 9.59 Å². The number of aryl methyl sites for hydroxylation is 1. The Balaban J connectivity index is 1.69. The number of nitrogens with one attached hydrogen (secondary N) is 1. The molecule has 1 unspecified atom stereocenters. The van der Waals surface area contributed by atoms with Crippen LogP contribution in [0.5, 0.6) is 0 Å². The molecule has 1 aliphatic heterocycles. The molecule has 0 saturated carbocycles. The van der Waals surface area contributed by atoms with E-state index >= 15 is 0 Å². The highest BCUT2D eigenvalue weighted by molar-refractivity contribution is 6.30. The van der Waals surface area contributed by atoms with Gasteiger partial charge in [0.1, 0.15) is 12.1 Å². The Kier molecular flexibility index (Phi) is 5.71. The van der Waals surface area contributed by atoms with Crippen LogP contribution in [0.3, 0.4) is 0 Å². The first-order valence-electron chi connectivity index (χ1n) is 8.96. The number of halogens is 1. The summed E-state index contributed by atoms with van der Waals surface area (Å²) in [5, 5.41) is 3.55. The van der Waals surface area contributed by atoms with Crippen molar-refractivity contribution in [3.05, 3.63) is 64.7 Å². The third-order valence-electron chi connectivity index (χ3n) is 4.99. The first-order valence-corrected chi connectivity index (χ1v) is 9.34. The maximum absolute atomic E-state index is 13.0. The van der Waals surface area contributed by atoms with Crippen LogP contribution >= 0.6 is 11.6 Å². The largest absolute Gasteiger partial charge is 0.445 e. The molecule has 142 valence electrons. The highest BCUT2D eigenvalue weighted by Gasteiger charge is 2.46. The Labute approximate surface area is 164 Å². The van der Waals surface area contributed by atoms with Gasteiger partial charge in [0.2, 0.25) is 5.91 Å². The standard InChI is InChI=1S/C21H23ClN2O3/c1-15-13-17(22)9-10-18(15)23-19(25)21(2)11-6-12-24(21)20(26)27-14-16-7-4-3-5-8-16/h3-5,7-10,13H,6,11-12,14H2,1-2H3,(H,23,25). The maximum Gasteiger partial charge on any atom is 0.410 e. The van der Waals surface area contributed by atoms with Crippen molar-refractivity contribution in [2.45, 2.75) is 38.8 Å². The summed E-state index contributed by atoms with van der Waals surface area (Å²) < 4.78 is 5.44. The summed E-state index contributed by atoms with van der Waals surface area (Å²) in [7, 11) is 0. The van der Waals surface area contributed by atoms with E-state index in [0.29, 0.717) is 23.7 Å². The van der Waals surface area contributed by atoms with Gasteiger partial charge in [-0.25, -0.2) is 4.79 Å². The van der Waals surface area contributed by atoms with Gasteiger partial charge < -0.3 is 10.1 Å². The third-order valence-corrected chi connectivity index (χ3v) is 5.23. The van der Waals surface area contributed by atoms with E-state index < -0.39 is 11.6 Å². The number of nitrogens with zero attached hydrogens (tertiary/aromatic N) is 1. The molecule has 1 aliphatic rings. The molecule has 1 N–H and O–H groups in total. The Bertz CT molecular complexity index is 841. The number of hydrogen-bond donors (Lipinski definition) is 1. The van der Waals surface area contributed by atoms with Crippen LogP contribution in [0.1, 0.15) is 30.9 Å². The van der Waals surface area contributed by atoms with Crippen LogP contribution in [-0.2, 0) is 16.1 Å². The van der Waals surface area contributed by atoms with Gasteiger partial charge in [-0.1, -0.05) is 41.9 Å². The lowest BCUT2D eigenvalue weighted by Gasteiger charge is -2.33. The minimum Gasteiger partial charge on any atom is -0.445 e. The predicted octanol–water partition coefficient (Wildman–Crippen LogP) is 4.78. The summed E-state index contributed by atoms with van der Waals surface area (Å²) in [4.78, 5) is 27.1. The van der Waals surface area contributed by atoms with E-state index in [1.807, 2.05) is 37.3 Å². The molecule has 6 heteroatoms. The fourth-order valence-electron chi connectivity index (χ4n) is 3.31. The zero-order valence-electron chi connectivity index (χ0n) is 15.5. The van der Waals surface area contributed by atoms with Crippen molar-refractivity contribution < 1.29 is 14.3 Å². The summed E-state index contributed by atoms with van der Waals surface area (Å²) in [5.41, 5.74) is 1.53. The molecule has 1 heterocycles.